The van der Waals surface area contributed by atoms with Gasteiger partial charge < -0.3 is 19.9 Å². The number of thioether (sulfide) groups is 1. The monoisotopic (exact) mass is 427 g/mol. The molecular formula is C20H23ClFNO4S. The molecule has 2 rings (SSSR count). The second kappa shape index (κ2) is 11.1. The van der Waals surface area contributed by atoms with Crippen LogP contribution >= 0.6 is 23.4 Å². The predicted octanol–water partition coefficient (Wildman–Crippen LogP) is 4.36. The first-order valence-corrected chi connectivity index (χ1v) is 10.4. The second-order valence-corrected chi connectivity index (χ2v) is 7.46. The van der Waals surface area contributed by atoms with Gasteiger partial charge in [-0.05, 0) is 47.8 Å². The lowest BCUT2D eigenvalue weighted by molar-refractivity contribution is -0.139. The Bertz CT molecular complexity index is 789. The molecule has 0 radical (unpaired) electrons. The van der Waals surface area contributed by atoms with Gasteiger partial charge in [0.25, 0.3) is 0 Å². The highest BCUT2D eigenvalue weighted by atomic mass is 35.5. The third-order valence-electron chi connectivity index (χ3n) is 4.09. The number of nitrogens with one attached hydrogen (secondary N) is 1. The Balaban J connectivity index is 2.06. The molecule has 2 aromatic rings. The van der Waals surface area contributed by atoms with Crippen molar-refractivity contribution in [2.75, 3.05) is 19.1 Å². The van der Waals surface area contributed by atoms with E-state index < -0.39 is 12.0 Å². The minimum atomic E-state index is -0.892. The summed E-state index contributed by atoms with van der Waals surface area (Å²) in [5.74, 6) is 0.490. The Morgan fingerprint density at radius 2 is 2.00 bits per heavy atom. The number of aliphatic carboxylic acids is 1. The molecule has 0 spiro atoms. The van der Waals surface area contributed by atoms with Crippen LogP contribution in [0, 0.1) is 5.82 Å². The van der Waals surface area contributed by atoms with Crippen LogP contribution in [0.4, 0.5) is 4.39 Å². The van der Waals surface area contributed by atoms with E-state index in [2.05, 4.69) is 5.32 Å². The number of halogens is 2. The molecule has 0 saturated heterocycles. The third-order valence-corrected chi connectivity index (χ3v) is 5.08. The van der Waals surface area contributed by atoms with Gasteiger partial charge in [0.05, 0.1) is 7.11 Å². The molecule has 0 aliphatic heterocycles. The summed E-state index contributed by atoms with van der Waals surface area (Å²) in [7, 11) is 1.52. The average molecular weight is 428 g/mol. The Hall–Kier alpha value is -1.96. The highest BCUT2D eigenvalue weighted by Gasteiger charge is 2.18. The van der Waals surface area contributed by atoms with Crippen LogP contribution in [-0.2, 0) is 17.9 Å². The molecule has 0 heterocycles. The molecule has 0 bridgehead atoms. The number of carbonyl (C=O) groups is 1. The summed E-state index contributed by atoms with van der Waals surface area (Å²) in [6.45, 7) is 0.527. The molecule has 0 fully saturated rings. The van der Waals surface area contributed by atoms with Crippen LogP contribution in [0.1, 0.15) is 17.5 Å². The van der Waals surface area contributed by atoms with E-state index in [9.17, 15) is 14.3 Å². The minimum Gasteiger partial charge on any atom is -0.493 e. The normalized spacial score (nSPS) is 11.9. The number of carboxylic acids is 1. The SMILES string of the molecule is COc1cc(CNC(CCSC)C(=O)O)c(Cl)cc1OCc1ccc(F)cc1. The molecule has 5 nitrogen and oxygen atoms in total. The minimum absolute atomic E-state index is 0.236. The van der Waals surface area contributed by atoms with E-state index in [1.807, 2.05) is 6.26 Å². The summed E-state index contributed by atoms with van der Waals surface area (Å²) in [6.07, 6.45) is 2.45. The number of ether oxygens (including phenoxy) is 2. The van der Waals surface area contributed by atoms with Crippen LogP contribution < -0.4 is 14.8 Å². The number of rotatable bonds is 11. The highest BCUT2D eigenvalue weighted by molar-refractivity contribution is 7.98. The molecule has 2 N–H and O–H groups in total. The molecule has 0 aliphatic rings. The quantitative estimate of drug-likeness (QED) is 0.555. The Morgan fingerprint density at radius 3 is 2.61 bits per heavy atom. The lowest BCUT2D eigenvalue weighted by atomic mass is 10.1. The van der Waals surface area contributed by atoms with Gasteiger partial charge in [-0.2, -0.15) is 11.8 Å². The van der Waals surface area contributed by atoms with Crippen molar-refractivity contribution in [3.05, 3.63) is 58.4 Å². The molecule has 0 saturated carbocycles. The predicted molar refractivity (Wildman–Crippen MR) is 110 cm³/mol. The molecule has 0 amide bonds. The van der Waals surface area contributed by atoms with Crippen LogP contribution in [0.2, 0.25) is 5.02 Å². The number of hydrogen-bond donors (Lipinski definition) is 2. The van der Waals surface area contributed by atoms with Crippen molar-refractivity contribution in [2.45, 2.75) is 25.6 Å². The van der Waals surface area contributed by atoms with Gasteiger partial charge in [-0.25, -0.2) is 4.39 Å². The highest BCUT2D eigenvalue weighted by Crippen LogP contribution is 2.34. The third kappa shape index (κ3) is 6.58. The zero-order valence-electron chi connectivity index (χ0n) is 15.7. The molecule has 2 aromatic carbocycles. The van der Waals surface area contributed by atoms with Crippen molar-refractivity contribution in [1.29, 1.82) is 0 Å². The standard InChI is InChI=1S/C20H23ClFNO4S/c1-26-18-9-14(11-23-17(20(24)25)7-8-28-2)16(21)10-19(18)27-12-13-3-5-15(22)6-4-13/h3-6,9-10,17,23H,7-8,11-12H2,1-2H3,(H,24,25). The maximum Gasteiger partial charge on any atom is 0.320 e. The fraction of sp³-hybridized carbons (Fsp3) is 0.350. The van der Waals surface area contributed by atoms with Crippen molar-refractivity contribution >= 4 is 29.3 Å². The summed E-state index contributed by atoms with van der Waals surface area (Å²) in [4.78, 5) is 11.4. The zero-order valence-corrected chi connectivity index (χ0v) is 17.3. The van der Waals surface area contributed by atoms with Gasteiger partial charge in [-0.15, -0.1) is 0 Å². The maximum absolute atomic E-state index is 13.0. The van der Waals surface area contributed by atoms with Gasteiger partial charge in [0.1, 0.15) is 18.5 Å². The molecule has 152 valence electrons. The Kier molecular flexibility index (Phi) is 8.89. The molecule has 1 unspecified atom stereocenters. The van der Waals surface area contributed by atoms with E-state index in [0.717, 1.165) is 11.3 Å². The fourth-order valence-electron chi connectivity index (χ4n) is 2.51. The first kappa shape index (κ1) is 22.3. The molecule has 8 heteroatoms. The van der Waals surface area contributed by atoms with Crippen molar-refractivity contribution in [2.24, 2.45) is 0 Å². The van der Waals surface area contributed by atoms with Crippen molar-refractivity contribution in [3.63, 3.8) is 0 Å². The summed E-state index contributed by atoms with van der Waals surface area (Å²) in [6, 6.07) is 8.73. The lowest BCUT2D eigenvalue weighted by Crippen LogP contribution is -2.36. The molecule has 28 heavy (non-hydrogen) atoms. The van der Waals surface area contributed by atoms with Gasteiger partial charge >= 0.3 is 5.97 Å². The number of benzene rings is 2. The number of carboxylic acid groups (broad SMARTS) is 1. The van der Waals surface area contributed by atoms with E-state index >= 15 is 0 Å². The first-order chi connectivity index (χ1) is 13.4. The van der Waals surface area contributed by atoms with Crippen molar-refractivity contribution in [3.8, 4) is 11.5 Å². The smallest absolute Gasteiger partial charge is 0.320 e. The summed E-state index contributed by atoms with van der Waals surface area (Å²) >= 11 is 7.95. The summed E-state index contributed by atoms with van der Waals surface area (Å²) in [5.41, 5.74) is 1.52. The average Bonchev–Trinajstić information content (AvgIpc) is 2.68. The molecule has 0 aliphatic carbocycles. The fourth-order valence-corrected chi connectivity index (χ4v) is 3.20. The van der Waals surface area contributed by atoms with Crippen molar-refractivity contribution in [1.82, 2.24) is 5.32 Å². The zero-order chi connectivity index (χ0) is 20.5. The first-order valence-electron chi connectivity index (χ1n) is 8.63. The summed E-state index contributed by atoms with van der Waals surface area (Å²) in [5, 5.41) is 12.8. The van der Waals surface area contributed by atoms with Crippen LogP contribution in [-0.4, -0.2) is 36.2 Å². The van der Waals surface area contributed by atoms with Crippen LogP contribution in [0.3, 0.4) is 0 Å². The van der Waals surface area contributed by atoms with E-state index in [1.54, 1.807) is 36.0 Å². The topological polar surface area (TPSA) is 67.8 Å². The number of hydrogen-bond acceptors (Lipinski definition) is 5. The Labute approximate surface area is 173 Å². The van der Waals surface area contributed by atoms with E-state index in [1.165, 1.54) is 19.2 Å². The molecular weight excluding hydrogens is 405 g/mol. The lowest BCUT2D eigenvalue weighted by Gasteiger charge is -2.17. The molecule has 0 aromatic heterocycles. The van der Waals surface area contributed by atoms with Crippen LogP contribution in [0.5, 0.6) is 11.5 Å². The van der Waals surface area contributed by atoms with Gasteiger partial charge in [0.2, 0.25) is 0 Å². The number of methoxy groups -OCH3 is 1. The van der Waals surface area contributed by atoms with Gasteiger partial charge in [0, 0.05) is 17.6 Å². The largest absolute Gasteiger partial charge is 0.493 e. The Morgan fingerprint density at radius 1 is 1.29 bits per heavy atom. The molecule has 1 atom stereocenters. The van der Waals surface area contributed by atoms with Crippen LogP contribution in [0.15, 0.2) is 36.4 Å². The summed E-state index contributed by atoms with van der Waals surface area (Å²) < 4.78 is 24.1. The second-order valence-electron chi connectivity index (χ2n) is 6.06. The van der Waals surface area contributed by atoms with Crippen LogP contribution in [0.25, 0.3) is 0 Å². The van der Waals surface area contributed by atoms with Crippen molar-refractivity contribution < 1.29 is 23.8 Å². The van der Waals surface area contributed by atoms with E-state index in [-0.39, 0.29) is 12.4 Å². The van der Waals surface area contributed by atoms with Gasteiger partial charge in [-0.3, -0.25) is 4.79 Å². The van der Waals surface area contributed by atoms with Gasteiger partial charge in [0.15, 0.2) is 11.5 Å². The maximum atomic E-state index is 13.0. The van der Waals surface area contributed by atoms with E-state index in [0.29, 0.717) is 35.1 Å². The van der Waals surface area contributed by atoms with Gasteiger partial charge in [-0.1, -0.05) is 23.7 Å². The van der Waals surface area contributed by atoms with E-state index in [4.69, 9.17) is 21.1 Å².